The maximum absolute atomic E-state index is 12.9. The van der Waals surface area contributed by atoms with Gasteiger partial charge in [-0.1, -0.05) is 0 Å². The van der Waals surface area contributed by atoms with Crippen LogP contribution in [-0.2, 0) is 4.79 Å². The van der Waals surface area contributed by atoms with Gasteiger partial charge in [-0.05, 0) is 39.7 Å². The number of aryl methyl sites for hydroxylation is 3. The van der Waals surface area contributed by atoms with Gasteiger partial charge < -0.3 is 10.6 Å². The summed E-state index contributed by atoms with van der Waals surface area (Å²) in [5, 5.41) is 4.45. The second kappa shape index (κ2) is 5.64. The molecular formula is C16H21N5O2. The van der Waals surface area contributed by atoms with E-state index < -0.39 is 0 Å². The fraction of sp³-hybridized carbons (Fsp3) is 0.500. The summed E-state index contributed by atoms with van der Waals surface area (Å²) in [5.41, 5.74) is 8.98. The molecule has 7 heteroatoms. The van der Waals surface area contributed by atoms with Gasteiger partial charge in [-0.15, -0.1) is 0 Å². The number of nitrogens with zero attached hydrogens (tertiary/aromatic N) is 4. The zero-order valence-corrected chi connectivity index (χ0v) is 13.7. The Hall–Kier alpha value is -2.44. The second-order valence-corrected chi connectivity index (χ2v) is 6.20. The summed E-state index contributed by atoms with van der Waals surface area (Å²) in [5.74, 6) is -0.484. The van der Waals surface area contributed by atoms with Gasteiger partial charge in [-0.3, -0.25) is 9.59 Å². The maximum atomic E-state index is 12.9. The standard InChI is InChI=1S/C16H21N5O2/c1-9-8-10(2)21-15(18-9)13(11(3)19-21)16(23)20-6-4-12(5-7-20)14(17)22/h8,12H,4-7H2,1-3H3,(H2,17,22). The zero-order chi connectivity index (χ0) is 16.7. The van der Waals surface area contributed by atoms with Gasteiger partial charge in [0.2, 0.25) is 5.91 Å². The molecule has 122 valence electrons. The molecule has 2 aromatic rings. The lowest BCUT2D eigenvalue weighted by Gasteiger charge is -2.30. The number of aromatic nitrogens is 3. The number of carbonyl (C=O) groups is 2. The fourth-order valence-electron chi connectivity index (χ4n) is 3.20. The van der Waals surface area contributed by atoms with Crippen molar-refractivity contribution in [1.82, 2.24) is 19.5 Å². The quantitative estimate of drug-likeness (QED) is 0.894. The van der Waals surface area contributed by atoms with Crippen LogP contribution in [0.5, 0.6) is 0 Å². The minimum atomic E-state index is -0.280. The van der Waals surface area contributed by atoms with Crippen LogP contribution in [0.1, 0.15) is 40.3 Å². The minimum absolute atomic E-state index is 0.0714. The van der Waals surface area contributed by atoms with Gasteiger partial charge in [0, 0.05) is 30.4 Å². The van der Waals surface area contributed by atoms with E-state index in [1.807, 2.05) is 26.8 Å². The highest BCUT2D eigenvalue weighted by Crippen LogP contribution is 2.22. The van der Waals surface area contributed by atoms with Gasteiger partial charge in [0.15, 0.2) is 5.65 Å². The van der Waals surface area contributed by atoms with Crippen molar-refractivity contribution in [2.45, 2.75) is 33.6 Å². The Kier molecular flexibility index (Phi) is 3.79. The molecule has 1 aliphatic rings. The Morgan fingerprint density at radius 2 is 1.87 bits per heavy atom. The predicted molar refractivity (Wildman–Crippen MR) is 85.0 cm³/mol. The van der Waals surface area contributed by atoms with E-state index in [1.165, 1.54) is 0 Å². The maximum Gasteiger partial charge on any atom is 0.259 e. The summed E-state index contributed by atoms with van der Waals surface area (Å²) in [6.07, 6.45) is 1.23. The lowest BCUT2D eigenvalue weighted by atomic mass is 9.96. The largest absolute Gasteiger partial charge is 0.369 e. The van der Waals surface area contributed by atoms with Crippen molar-refractivity contribution in [2.24, 2.45) is 11.7 Å². The molecule has 0 unspecified atom stereocenters. The number of primary amides is 1. The minimum Gasteiger partial charge on any atom is -0.369 e. The van der Waals surface area contributed by atoms with Crippen LogP contribution in [0, 0.1) is 26.7 Å². The van der Waals surface area contributed by atoms with Gasteiger partial charge in [-0.25, -0.2) is 9.50 Å². The Labute approximate surface area is 134 Å². The van der Waals surface area contributed by atoms with Gasteiger partial charge in [0.25, 0.3) is 5.91 Å². The molecule has 2 amide bonds. The number of piperidine rings is 1. The van der Waals surface area contributed by atoms with E-state index in [9.17, 15) is 9.59 Å². The monoisotopic (exact) mass is 315 g/mol. The van der Waals surface area contributed by atoms with Gasteiger partial charge in [0.05, 0.1) is 5.69 Å². The summed E-state index contributed by atoms with van der Waals surface area (Å²) < 4.78 is 1.71. The third-order valence-electron chi connectivity index (χ3n) is 4.47. The van der Waals surface area contributed by atoms with Crippen molar-refractivity contribution in [2.75, 3.05) is 13.1 Å². The summed E-state index contributed by atoms with van der Waals surface area (Å²) in [4.78, 5) is 30.4. The highest BCUT2D eigenvalue weighted by molar-refractivity contribution is 6.01. The number of likely N-dealkylation sites (tertiary alicyclic amines) is 1. The van der Waals surface area contributed by atoms with Crippen LogP contribution in [-0.4, -0.2) is 44.4 Å². The molecule has 0 aliphatic carbocycles. The van der Waals surface area contributed by atoms with Gasteiger partial charge in [-0.2, -0.15) is 5.10 Å². The number of nitrogens with two attached hydrogens (primary N) is 1. The van der Waals surface area contributed by atoms with Crippen LogP contribution in [0.15, 0.2) is 6.07 Å². The molecule has 0 atom stereocenters. The van der Waals surface area contributed by atoms with Crippen LogP contribution >= 0.6 is 0 Å². The molecule has 0 radical (unpaired) electrons. The Balaban J connectivity index is 1.93. The van der Waals surface area contributed by atoms with Crippen molar-refractivity contribution in [3.63, 3.8) is 0 Å². The summed E-state index contributed by atoms with van der Waals surface area (Å²) in [6, 6.07) is 1.94. The first-order valence-corrected chi connectivity index (χ1v) is 7.80. The number of hydrogen-bond acceptors (Lipinski definition) is 4. The Morgan fingerprint density at radius 3 is 2.48 bits per heavy atom. The number of carbonyl (C=O) groups excluding carboxylic acids is 2. The highest BCUT2D eigenvalue weighted by atomic mass is 16.2. The van der Waals surface area contributed by atoms with Gasteiger partial charge >= 0.3 is 0 Å². The predicted octanol–water partition coefficient (Wildman–Crippen LogP) is 0.992. The number of fused-ring (bicyclic) bond motifs is 1. The first-order chi connectivity index (χ1) is 10.9. The number of hydrogen-bond donors (Lipinski definition) is 1. The molecule has 2 N–H and O–H groups in total. The van der Waals surface area contributed by atoms with Crippen molar-refractivity contribution in [1.29, 1.82) is 0 Å². The zero-order valence-electron chi connectivity index (χ0n) is 13.7. The molecule has 2 aromatic heterocycles. The third-order valence-corrected chi connectivity index (χ3v) is 4.47. The van der Waals surface area contributed by atoms with Gasteiger partial charge in [0.1, 0.15) is 5.56 Å². The highest BCUT2D eigenvalue weighted by Gasteiger charge is 2.29. The van der Waals surface area contributed by atoms with E-state index in [0.29, 0.717) is 42.8 Å². The van der Waals surface area contributed by atoms with Crippen LogP contribution in [0.4, 0.5) is 0 Å². The van der Waals surface area contributed by atoms with E-state index in [-0.39, 0.29) is 17.7 Å². The van der Waals surface area contributed by atoms with E-state index >= 15 is 0 Å². The van der Waals surface area contributed by atoms with Crippen molar-refractivity contribution in [3.05, 3.63) is 28.7 Å². The molecule has 23 heavy (non-hydrogen) atoms. The molecule has 1 fully saturated rings. The first kappa shape index (κ1) is 15.5. The average molecular weight is 315 g/mol. The van der Waals surface area contributed by atoms with E-state index in [0.717, 1.165) is 11.4 Å². The molecule has 0 saturated carbocycles. The van der Waals surface area contributed by atoms with Crippen LogP contribution in [0.2, 0.25) is 0 Å². The lowest BCUT2D eigenvalue weighted by molar-refractivity contribution is -0.123. The smallest absolute Gasteiger partial charge is 0.259 e. The molecular weight excluding hydrogens is 294 g/mol. The van der Waals surface area contributed by atoms with Crippen molar-refractivity contribution < 1.29 is 9.59 Å². The van der Waals surface area contributed by atoms with Crippen molar-refractivity contribution in [3.8, 4) is 0 Å². The summed E-state index contributed by atoms with van der Waals surface area (Å²) in [6.45, 7) is 6.75. The topological polar surface area (TPSA) is 93.6 Å². The molecule has 3 rings (SSSR count). The van der Waals surface area contributed by atoms with Crippen LogP contribution < -0.4 is 5.73 Å². The normalized spacial score (nSPS) is 16.0. The van der Waals surface area contributed by atoms with E-state index in [2.05, 4.69) is 10.1 Å². The summed E-state index contributed by atoms with van der Waals surface area (Å²) >= 11 is 0. The van der Waals surface area contributed by atoms with Crippen LogP contribution in [0.3, 0.4) is 0 Å². The Morgan fingerprint density at radius 1 is 1.22 bits per heavy atom. The Bertz CT molecular complexity index is 787. The lowest BCUT2D eigenvalue weighted by Crippen LogP contribution is -2.41. The molecule has 0 spiro atoms. The number of amides is 2. The molecule has 7 nitrogen and oxygen atoms in total. The molecule has 0 bridgehead atoms. The molecule has 3 heterocycles. The first-order valence-electron chi connectivity index (χ1n) is 7.80. The van der Waals surface area contributed by atoms with E-state index in [4.69, 9.17) is 5.73 Å². The molecule has 0 aromatic carbocycles. The second-order valence-electron chi connectivity index (χ2n) is 6.20. The average Bonchev–Trinajstić information content (AvgIpc) is 2.83. The fourth-order valence-corrected chi connectivity index (χ4v) is 3.20. The molecule has 1 saturated heterocycles. The summed E-state index contributed by atoms with van der Waals surface area (Å²) in [7, 11) is 0. The number of rotatable bonds is 2. The van der Waals surface area contributed by atoms with Crippen LogP contribution in [0.25, 0.3) is 5.65 Å². The molecule has 1 aliphatic heterocycles. The van der Waals surface area contributed by atoms with E-state index in [1.54, 1.807) is 9.42 Å². The third kappa shape index (κ3) is 2.67. The SMILES string of the molecule is Cc1cc(C)n2nc(C)c(C(=O)N3CCC(C(N)=O)CC3)c2n1. The van der Waals surface area contributed by atoms with Crippen molar-refractivity contribution >= 4 is 17.5 Å².